The molecule has 2 aliphatic heterocycles. The van der Waals surface area contributed by atoms with Gasteiger partial charge in [-0.25, -0.2) is 0 Å². The van der Waals surface area contributed by atoms with Crippen LogP contribution in [0.4, 0.5) is 34.1 Å². The lowest BCUT2D eigenvalue weighted by Crippen LogP contribution is -2.60. The maximum absolute atomic E-state index is 2.66. The third-order valence-corrected chi connectivity index (χ3v) is 17.1. The number of aryl methyl sites for hydroxylation is 2. The fourth-order valence-corrected chi connectivity index (χ4v) is 13.8. The molecule has 0 atom stereocenters. The van der Waals surface area contributed by atoms with Crippen molar-refractivity contribution in [1.29, 1.82) is 0 Å². The molecule has 0 bridgehead atoms. The summed E-state index contributed by atoms with van der Waals surface area (Å²) in [5, 5.41) is 3.92. The van der Waals surface area contributed by atoms with Gasteiger partial charge in [0.2, 0.25) is 0 Å². The van der Waals surface area contributed by atoms with E-state index in [-0.39, 0.29) is 17.5 Å². The van der Waals surface area contributed by atoms with E-state index in [4.69, 9.17) is 0 Å². The van der Waals surface area contributed by atoms with Gasteiger partial charge in [0.15, 0.2) is 0 Å². The summed E-state index contributed by atoms with van der Waals surface area (Å²) >= 11 is 5.74. The molecule has 6 heteroatoms. The predicted molar refractivity (Wildman–Crippen MR) is 284 cm³/mol. The molecular weight excluding hydrogens is 832 g/mol. The minimum Gasteiger partial charge on any atom is -0.311 e. The summed E-state index contributed by atoms with van der Waals surface area (Å²) in [5.41, 5.74) is 18.1. The summed E-state index contributed by atoms with van der Waals surface area (Å²) in [4.78, 5) is 7.82. The Bertz CT molecular complexity index is 3450. The van der Waals surface area contributed by atoms with Gasteiger partial charge in [-0.05, 0) is 146 Å². The lowest BCUT2D eigenvalue weighted by atomic mass is 9.36. The average molecular weight is 881 g/mol. The maximum Gasteiger partial charge on any atom is 0.264 e. The Morgan fingerprint density at radius 1 is 0.453 bits per heavy atom. The molecule has 7 aromatic carbocycles. The van der Waals surface area contributed by atoms with Gasteiger partial charge in [0.05, 0.1) is 11.4 Å². The highest BCUT2D eigenvalue weighted by Gasteiger charge is 2.46. The quantitative estimate of drug-likeness (QED) is 0.163. The summed E-state index contributed by atoms with van der Waals surface area (Å²) in [6.07, 6.45) is 0. The van der Waals surface area contributed by atoms with E-state index in [1.807, 2.05) is 34.0 Å². The van der Waals surface area contributed by atoms with Crippen LogP contribution in [0.1, 0.15) is 63.8 Å². The monoisotopic (exact) mass is 880 g/mol. The molecule has 2 aliphatic rings. The number of nitrogens with zero attached hydrogens (tertiary/aromatic N) is 2. The highest BCUT2D eigenvalue weighted by Crippen LogP contribution is 2.51. The van der Waals surface area contributed by atoms with E-state index in [1.54, 1.807) is 0 Å². The predicted octanol–water partition coefficient (Wildman–Crippen LogP) is 16.0. The molecule has 0 saturated heterocycles. The van der Waals surface area contributed by atoms with Crippen LogP contribution < -0.4 is 25.5 Å². The molecule has 0 N–H and O–H groups in total. The summed E-state index contributed by atoms with van der Waals surface area (Å²) in [6.45, 7) is 18.7. The van der Waals surface area contributed by atoms with Crippen LogP contribution in [0.25, 0.3) is 51.1 Å². The van der Waals surface area contributed by atoms with Crippen molar-refractivity contribution in [3.8, 4) is 20.9 Å². The number of rotatable bonds is 4. The third kappa shape index (κ3) is 6.17. The van der Waals surface area contributed by atoms with Crippen LogP contribution in [0.5, 0.6) is 0 Å². The van der Waals surface area contributed by atoms with Gasteiger partial charge in [-0.3, -0.25) is 0 Å². The minimum absolute atomic E-state index is 0.0130. The van der Waals surface area contributed by atoms with E-state index in [2.05, 4.69) is 217 Å². The van der Waals surface area contributed by atoms with Crippen molar-refractivity contribution in [2.24, 2.45) is 0 Å². The normalized spacial score (nSPS) is 13.5. The van der Waals surface area contributed by atoms with Crippen molar-refractivity contribution in [2.75, 3.05) is 9.80 Å². The molecule has 5 heterocycles. The summed E-state index contributed by atoms with van der Waals surface area (Å²) < 4.78 is 5.38. The standard InChI is InChI=1S/C58H49BN2S3/c1-34-27-41(58(6,7)8)28-35(2)54(34)61-46-20-14-19-45-53(46)59(56-55(61)43-33-40(57(3,4)5)24-26-50(43)64-56)44-25-23-39(52-32-38-16-10-12-22-49(38)63-52)30-47(44)60(45)42-18-13-17-36(29-42)51-31-37-15-9-11-21-48(37)62-51/h9-33H,1-8H3. The third-order valence-electron chi connectivity index (χ3n) is 13.6. The molecule has 0 spiro atoms. The number of hydrogen-bond donors (Lipinski definition) is 0. The van der Waals surface area contributed by atoms with Crippen LogP contribution in [0, 0.1) is 13.8 Å². The highest BCUT2D eigenvalue weighted by atomic mass is 32.1. The minimum atomic E-state index is 0.0130. The first-order chi connectivity index (χ1) is 30.8. The highest BCUT2D eigenvalue weighted by molar-refractivity contribution is 7.33. The zero-order valence-corrected chi connectivity index (χ0v) is 40.1. The first-order valence-corrected chi connectivity index (χ1v) is 24.9. The summed E-state index contributed by atoms with van der Waals surface area (Å²) in [6, 6.07) is 58.0. The Morgan fingerprint density at radius 3 is 1.70 bits per heavy atom. The smallest absolute Gasteiger partial charge is 0.264 e. The molecular formula is C58H49BN2S3. The number of benzene rings is 7. The molecule has 0 saturated carbocycles. The van der Waals surface area contributed by atoms with Crippen molar-refractivity contribution in [1.82, 2.24) is 0 Å². The Kier molecular flexibility index (Phi) is 8.86. The number of thiophene rings is 3. The van der Waals surface area contributed by atoms with E-state index < -0.39 is 0 Å². The Hall–Kier alpha value is -5.92. The molecule has 0 aliphatic carbocycles. The second kappa shape index (κ2) is 14.3. The lowest BCUT2D eigenvalue weighted by Gasteiger charge is -2.44. The lowest BCUT2D eigenvalue weighted by molar-refractivity contribution is 0.589. The van der Waals surface area contributed by atoms with Crippen molar-refractivity contribution in [3.63, 3.8) is 0 Å². The molecule has 0 radical (unpaired) electrons. The second-order valence-electron chi connectivity index (χ2n) is 19.9. The Labute approximate surface area is 389 Å². The molecule has 64 heavy (non-hydrogen) atoms. The molecule has 2 nitrogen and oxygen atoms in total. The van der Waals surface area contributed by atoms with Crippen molar-refractivity contribution in [2.45, 2.75) is 66.2 Å². The molecule has 12 rings (SSSR count). The van der Waals surface area contributed by atoms with Gasteiger partial charge in [0, 0.05) is 56.8 Å². The topological polar surface area (TPSA) is 6.48 Å². The molecule has 0 fully saturated rings. The van der Waals surface area contributed by atoms with E-state index in [0.29, 0.717) is 0 Å². The Balaban J connectivity index is 1.15. The summed E-state index contributed by atoms with van der Waals surface area (Å²) in [7, 11) is 0. The van der Waals surface area contributed by atoms with Gasteiger partial charge >= 0.3 is 0 Å². The molecule has 10 aromatic rings. The zero-order chi connectivity index (χ0) is 43.8. The van der Waals surface area contributed by atoms with E-state index >= 15 is 0 Å². The van der Waals surface area contributed by atoms with Gasteiger partial charge in [0.25, 0.3) is 6.71 Å². The maximum atomic E-state index is 2.66. The van der Waals surface area contributed by atoms with Gasteiger partial charge in [-0.2, -0.15) is 0 Å². The van der Waals surface area contributed by atoms with Gasteiger partial charge in [-0.1, -0.05) is 126 Å². The fraction of sp³-hybridized carbons (Fsp3) is 0.172. The average Bonchev–Trinajstić information content (AvgIpc) is 4.01. The molecule has 312 valence electrons. The van der Waals surface area contributed by atoms with Crippen molar-refractivity contribution >= 4 is 121 Å². The van der Waals surface area contributed by atoms with Crippen molar-refractivity contribution in [3.05, 3.63) is 174 Å². The van der Waals surface area contributed by atoms with Crippen LogP contribution in [0.15, 0.2) is 152 Å². The van der Waals surface area contributed by atoms with E-state index in [0.717, 1.165) is 0 Å². The SMILES string of the molecule is Cc1cc(C(C)(C)C)cc(C)c1N1c2cccc3c2B(c2ccc(-c4cc5ccccc5s4)cc2N3c2cccc(-c3cc4ccccc4s3)c2)c2sc3ccc(C(C)(C)C)cc3c21. The largest absolute Gasteiger partial charge is 0.311 e. The van der Waals surface area contributed by atoms with Crippen LogP contribution in [-0.2, 0) is 10.8 Å². The van der Waals surface area contributed by atoms with Crippen LogP contribution >= 0.6 is 34.0 Å². The Morgan fingerprint density at radius 2 is 1.06 bits per heavy atom. The number of anilines is 6. The van der Waals surface area contributed by atoms with Gasteiger partial charge < -0.3 is 9.80 Å². The molecule has 0 amide bonds. The fourth-order valence-electron chi connectivity index (χ4n) is 10.3. The van der Waals surface area contributed by atoms with Gasteiger partial charge in [-0.15, -0.1) is 34.0 Å². The first-order valence-electron chi connectivity index (χ1n) is 22.4. The molecule has 3 aromatic heterocycles. The van der Waals surface area contributed by atoms with Crippen LogP contribution in [0.2, 0.25) is 0 Å². The first kappa shape index (κ1) is 39.7. The van der Waals surface area contributed by atoms with Crippen LogP contribution in [-0.4, -0.2) is 6.71 Å². The van der Waals surface area contributed by atoms with Gasteiger partial charge in [0.1, 0.15) is 0 Å². The number of fused-ring (bicyclic) bond motifs is 8. The van der Waals surface area contributed by atoms with Crippen LogP contribution in [0.3, 0.4) is 0 Å². The van der Waals surface area contributed by atoms with E-state index in [1.165, 1.54) is 123 Å². The summed E-state index contributed by atoms with van der Waals surface area (Å²) in [5.74, 6) is 0. The number of hydrogen-bond acceptors (Lipinski definition) is 5. The second-order valence-corrected chi connectivity index (χ2v) is 23.2. The molecule has 0 unspecified atom stereocenters. The van der Waals surface area contributed by atoms with Crippen molar-refractivity contribution < 1.29 is 0 Å². The zero-order valence-electron chi connectivity index (χ0n) is 37.6. The van der Waals surface area contributed by atoms with E-state index in [9.17, 15) is 0 Å².